The standard InChI is InChI=1S/C11H14ClN5O3S2/c1-14-9(18)7-4-6(13)5-17(7)22(19,20)10-8(12)15-11-16(10)2-3-21-11/h2-3,6-7H,4-5,13H2,1H3,(H,14,18)/t6-,7-/m0/s1. The fourth-order valence-electron chi connectivity index (χ4n) is 2.59. The maximum absolute atomic E-state index is 13.0. The Balaban J connectivity index is 2.10. The molecule has 1 aliphatic rings. The second-order valence-electron chi connectivity index (χ2n) is 4.96. The van der Waals surface area contributed by atoms with Crippen molar-refractivity contribution in [1.82, 2.24) is 19.0 Å². The molecule has 1 saturated heterocycles. The second-order valence-corrected chi connectivity index (χ2v) is 8.00. The van der Waals surface area contributed by atoms with Crippen molar-refractivity contribution in [2.75, 3.05) is 13.6 Å². The van der Waals surface area contributed by atoms with Crippen molar-refractivity contribution >= 4 is 43.8 Å². The molecule has 0 aliphatic carbocycles. The molecular weight excluding hydrogens is 350 g/mol. The molecule has 0 radical (unpaired) electrons. The summed E-state index contributed by atoms with van der Waals surface area (Å²) in [7, 11) is -2.53. The molecule has 22 heavy (non-hydrogen) atoms. The summed E-state index contributed by atoms with van der Waals surface area (Å²) in [5.74, 6) is -0.390. The highest BCUT2D eigenvalue weighted by Crippen LogP contribution is 2.31. The normalized spacial score (nSPS) is 23.2. The number of halogens is 1. The predicted octanol–water partition coefficient (Wildman–Crippen LogP) is -0.115. The number of carbonyl (C=O) groups excluding carboxylic acids is 1. The Morgan fingerprint density at radius 2 is 2.32 bits per heavy atom. The van der Waals surface area contributed by atoms with Gasteiger partial charge in [0.05, 0.1) is 0 Å². The van der Waals surface area contributed by atoms with E-state index in [0.717, 1.165) is 4.31 Å². The maximum atomic E-state index is 13.0. The third-order valence-electron chi connectivity index (χ3n) is 3.57. The van der Waals surface area contributed by atoms with E-state index in [1.807, 2.05) is 0 Å². The number of amides is 1. The summed E-state index contributed by atoms with van der Waals surface area (Å²) in [6, 6.07) is -1.24. The fourth-order valence-corrected chi connectivity index (χ4v) is 5.65. The Hall–Kier alpha value is -1.20. The number of aromatic nitrogens is 2. The van der Waals surface area contributed by atoms with E-state index >= 15 is 0 Å². The minimum absolute atomic E-state index is 0.0636. The van der Waals surface area contributed by atoms with Crippen LogP contribution in [0.4, 0.5) is 0 Å². The second kappa shape index (κ2) is 5.46. The Morgan fingerprint density at radius 1 is 1.59 bits per heavy atom. The minimum Gasteiger partial charge on any atom is -0.358 e. The molecule has 2 atom stereocenters. The molecule has 0 bridgehead atoms. The fraction of sp³-hybridized carbons (Fsp3) is 0.455. The van der Waals surface area contributed by atoms with Crippen LogP contribution in [0.25, 0.3) is 4.96 Å². The van der Waals surface area contributed by atoms with Crippen LogP contribution in [0.2, 0.25) is 5.15 Å². The summed E-state index contributed by atoms with van der Waals surface area (Å²) >= 11 is 7.28. The van der Waals surface area contributed by atoms with Crippen LogP contribution >= 0.6 is 22.9 Å². The van der Waals surface area contributed by atoms with Crippen LogP contribution < -0.4 is 11.1 Å². The number of sulfonamides is 1. The smallest absolute Gasteiger partial charge is 0.263 e. The SMILES string of the molecule is CNC(=O)[C@@H]1C[C@H](N)CN1S(=O)(=O)c1c(Cl)nc2sccn12. The molecule has 0 spiro atoms. The van der Waals surface area contributed by atoms with Gasteiger partial charge in [0.15, 0.2) is 15.1 Å². The lowest BCUT2D eigenvalue weighted by molar-refractivity contribution is -0.123. The first kappa shape index (κ1) is 15.7. The molecule has 0 saturated carbocycles. The molecule has 0 aromatic carbocycles. The maximum Gasteiger partial charge on any atom is 0.263 e. The van der Waals surface area contributed by atoms with Crippen LogP contribution in [-0.2, 0) is 14.8 Å². The van der Waals surface area contributed by atoms with Crippen molar-refractivity contribution in [1.29, 1.82) is 0 Å². The van der Waals surface area contributed by atoms with Gasteiger partial charge in [-0.15, -0.1) is 11.3 Å². The van der Waals surface area contributed by atoms with E-state index in [0.29, 0.717) is 4.96 Å². The zero-order valence-electron chi connectivity index (χ0n) is 11.6. The van der Waals surface area contributed by atoms with Gasteiger partial charge in [0.2, 0.25) is 5.91 Å². The van der Waals surface area contributed by atoms with E-state index in [9.17, 15) is 13.2 Å². The van der Waals surface area contributed by atoms with E-state index in [-0.39, 0.29) is 23.1 Å². The van der Waals surface area contributed by atoms with Crippen molar-refractivity contribution in [3.05, 3.63) is 16.7 Å². The van der Waals surface area contributed by atoms with Crippen molar-refractivity contribution < 1.29 is 13.2 Å². The van der Waals surface area contributed by atoms with Crippen molar-refractivity contribution in [2.24, 2.45) is 5.73 Å². The largest absolute Gasteiger partial charge is 0.358 e. The number of carbonyl (C=O) groups is 1. The average molecular weight is 364 g/mol. The average Bonchev–Trinajstić information content (AvgIpc) is 3.11. The summed E-state index contributed by atoms with van der Waals surface area (Å²) in [5, 5.41) is 3.94. The molecule has 11 heteroatoms. The molecule has 1 amide bonds. The van der Waals surface area contributed by atoms with Gasteiger partial charge in [-0.3, -0.25) is 9.20 Å². The van der Waals surface area contributed by atoms with Crippen molar-refractivity contribution in [3.63, 3.8) is 0 Å². The first-order valence-corrected chi connectivity index (χ1v) is 9.16. The van der Waals surface area contributed by atoms with Gasteiger partial charge < -0.3 is 11.1 Å². The number of thiazole rings is 1. The number of imidazole rings is 1. The first-order chi connectivity index (χ1) is 10.4. The number of likely N-dealkylation sites (N-methyl/N-ethyl adjacent to an activating group) is 1. The van der Waals surface area contributed by atoms with Crippen molar-refractivity contribution in [3.8, 4) is 0 Å². The molecule has 8 nitrogen and oxygen atoms in total. The molecule has 0 unspecified atom stereocenters. The van der Waals surface area contributed by atoms with E-state index in [2.05, 4.69) is 10.3 Å². The number of hydrogen-bond acceptors (Lipinski definition) is 6. The van der Waals surface area contributed by atoms with Gasteiger partial charge >= 0.3 is 0 Å². The third kappa shape index (κ3) is 2.31. The van der Waals surface area contributed by atoms with Crippen LogP contribution in [0, 0.1) is 0 Å². The first-order valence-electron chi connectivity index (χ1n) is 6.46. The van der Waals surface area contributed by atoms with Gasteiger partial charge in [-0.05, 0) is 6.42 Å². The number of nitrogens with one attached hydrogen (secondary N) is 1. The van der Waals surface area contributed by atoms with Crippen molar-refractivity contribution in [2.45, 2.75) is 23.5 Å². The molecule has 3 N–H and O–H groups in total. The van der Waals surface area contributed by atoms with Gasteiger partial charge in [0.1, 0.15) is 6.04 Å². The van der Waals surface area contributed by atoms with Gasteiger partial charge in [-0.2, -0.15) is 4.31 Å². The Labute approximate surface area is 135 Å². The van der Waals surface area contributed by atoms with E-state index in [4.69, 9.17) is 17.3 Å². The van der Waals surface area contributed by atoms with E-state index in [1.54, 1.807) is 11.6 Å². The van der Waals surface area contributed by atoms with Crippen LogP contribution in [0.5, 0.6) is 0 Å². The van der Waals surface area contributed by atoms with Crippen LogP contribution in [0.15, 0.2) is 16.6 Å². The van der Waals surface area contributed by atoms with E-state index in [1.165, 1.54) is 22.8 Å². The zero-order chi connectivity index (χ0) is 16.1. The highest BCUT2D eigenvalue weighted by atomic mass is 35.5. The molecule has 3 rings (SSSR count). The van der Waals surface area contributed by atoms with Crippen LogP contribution in [0.3, 0.4) is 0 Å². The summed E-state index contributed by atoms with van der Waals surface area (Å²) < 4.78 is 28.4. The molecule has 2 aromatic heterocycles. The molecule has 120 valence electrons. The lowest BCUT2D eigenvalue weighted by Crippen LogP contribution is -2.45. The molecule has 1 aliphatic heterocycles. The highest BCUT2D eigenvalue weighted by molar-refractivity contribution is 7.89. The molecule has 1 fully saturated rings. The number of fused-ring (bicyclic) bond motifs is 1. The number of nitrogens with two attached hydrogens (primary N) is 1. The Morgan fingerprint density at radius 3 is 3.00 bits per heavy atom. The molecule has 3 heterocycles. The number of hydrogen-bond donors (Lipinski definition) is 2. The summed E-state index contributed by atoms with van der Waals surface area (Å²) in [4.78, 5) is 16.5. The topological polar surface area (TPSA) is 110 Å². The number of nitrogens with zero attached hydrogens (tertiary/aromatic N) is 3. The number of rotatable bonds is 3. The van der Waals surface area contributed by atoms with Crippen LogP contribution in [-0.4, -0.2) is 53.7 Å². The Kier molecular flexibility index (Phi) is 3.89. The highest BCUT2D eigenvalue weighted by Gasteiger charge is 2.44. The summed E-state index contributed by atoms with van der Waals surface area (Å²) in [5.41, 5.74) is 5.85. The van der Waals surface area contributed by atoms with Gasteiger partial charge in [0.25, 0.3) is 10.0 Å². The lowest BCUT2D eigenvalue weighted by atomic mass is 10.2. The van der Waals surface area contributed by atoms with Gasteiger partial charge in [0, 0.05) is 31.2 Å². The summed E-state index contributed by atoms with van der Waals surface area (Å²) in [6.45, 7) is 0.0636. The van der Waals surface area contributed by atoms with Gasteiger partial charge in [-0.1, -0.05) is 11.6 Å². The molecular formula is C11H14ClN5O3S2. The molecule has 2 aromatic rings. The minimum atomic E-state index is -3.99. The summed E-state index contributed by atoms with van der Waals surface area (Å²) in [6.07, 6.45) is 1.85. The third-order valence-corrected chi connectivity index (χ3v) is 6.60. The van der Waals surface area contributed by atoms with E-state index < -0.39 is 28.0 Å². The monoisotopic (exact) mass is 363 g/mol. The zero-order valence-corrected chi connectivity index (χ0v) is 14.0. The lowest BCUT2D eigenvalue weighted by Gasteiger charge is -2.22. The predicted molar refractivity (Wildman–Crippen MR) is 82.4 cm³/mol. The van der Waals surface area contributed by atoms with Crippen LogP contribution in [0.1, 0.15) is 6.42 Å². The quantitative estimate of drug-likeness (QED) is 0.790. The van der Waals surface area contributed by atoms with Gasteiger partial charge in [-0.25, -0.2) is 13.4 Å². The Bertz CT molecular complexity index is 830.